The molecule has 0 saturated heterocycles. The molecule has 1 aliphatic heterocycles. The maximum Gasteiger partial charge on any atom is 0.416 e. The Morgan fingerprint density at radius 2 is 1.68 bits per heavy atom. The Balaban J connectivity index is 1.27. The number of halogens is 3. The molecule has 4 aromatic carbocycles. The normalized spacial score (nSPS) is 12.9. The van der Waals surface area contributed by atoms with E-state index >= 15 is 0 Å². The van der Waals surface area contributed by atoms with Crippen LogP contribution < -0.4 is 10.1 Å². The highest BCUT2D eigenvalue weighted by atomic mass is 19.4. The van der Waals surface area contributed by atoms with Crippen LogP contribution in [0.4, 0.5) is 18.9 Å². The van der Waals surface area contributed by atoms with E-state index in [1.54, 1.807) is 37.4 Å². The third kappa shape index (κ3) is 6.01. The number of hydrogen-bond acceptors (Lipinski definition) is 3. The summed E-state index contributed by atoms with van der Waals surface area (Å²) in [7, 11) is 1.59. The van der Waals surface area contributed by atoms with Gasteiger partial charge in [0.25, 0.3) is 5.91 Å². The number of methoxy groups -OCH3 is 1. The average Bonchev–Trinajstić information content (AvgIpc) is 2.96. The highest BCUT2D eigenvalue weighted by Crippen LogP contribution is 2.32. The standard InChI is InChI=1S/C32H27F3N2O3/c1-40-27-6-4-5-21(17-27)18-30(38)37-16-15-23-19-26(14-11-24(23)20-37)36-31(39)29-8-3-2-7-28(29)22-9-12-25(13-10-22)32(33,34)35/h2-14,17,19H,15-16,18,20H2,1H3,(H,36,39). The lowest BCUT2D eigenvalue weighted by Crippen LogP contribution is -2.37. The molecule has 5 nitrogen and oxygen atoms in total. The topological polar surface area (TPSA) is 58.6 Å². The van der Waals surface area contributed by atoms with E-state index in [1.807, 2.05) is 41.3 Å². The molecule has 1 N–H and O–H groups in total. The van der Waals surface area contributed by atoms with Crippen molar-refractivity contribution >= 4 is 17.5 Å². The number of alkyl halides is 3. The van der Waals surface area contributed by atoms with Crippen LogP contribution in [0.1, 0.15) is 32.6 Å². The van der Waals surface area contributed by atoms with Crippen LogP contribution in [0.2, 0.25) is 0 Å². The number of hydrogen-bond donors (Lipinski definition) is 1. The monoisotopic (exact) mass is 544 g/mol. The van der Waals surface area contributed by atoms with E-state index in [4.69, 9.17) is 4.74 Å². The van der Waals surface area contributed by atoms with Crippen LogP contribution in [0.5, 0.6) is 5.75 Å². The smallest absolute Gasteiger partial charge is 0.416 e. The van der Waals surface area contributed by atoms with E-state index in [-0.39, 0.29) is 11.8 Å². The Morgan fingerprint density at radius 1 is 0.900 bits per heavy atom. The summed E-state index contributed by atoms with van der Waals surface area (Å²) in [4.78, 5) is 28.0. The maximum atomic E-state index is 13.2. The first-order valence-corrected chi connectivity index (χ1v) is 12.8. The molecule has 2 amide bonds. The zero-order chi connectivity index (χ0) is 28.3. The van der Waals surface area contributed by atoms with Gasteiger partial charge in [0.1, 0.15) is 5.75 Å². The second-order valence-corrected chi connectivity index (χ2v) is 9.65. The predicted molar refractivity (Wildman–Crippen MR) is 147 cm³/mol. The molecule has 5 rings (SSSR count). The van der Waals surface area contributed by atoms with Gasteiger partial charge in [-0.3, -0.25) is 9.59 Å². The molecule has 1 heterocycles. The highest BCUT2D eigenvalue weighted by Gasteiger charge is 2.30. The minimum absolute atomic E-state index is 0.0381. The SMILES string of the molecule is COc1cccc(CC(=O)N2CCc3cc(NC(=O)c4ccccc4-c4ccc(C(F)(F)F)cc4)ccc3C2)c1. The van der Waals surface area contributed by atoms with Gasteiger partial charge in [-0.25, -0.2) is 0 Å². The lowest BCUT2D eigenvalue weighted by molar-refractivity contribution is -0.137. The van der Waals surface area contributed by atoms with Crippen molar-refractivity contribution in [3.05, 3.63) is 119 Å². The summed E-state index contributed by atoms with van der Waals surface area (Å²) in [5.74, 6) is 0.392. The Labute approximate surface area is 230 Å². The van der Waals surface area contributed by atoms with Gasteiger partial charge in [0.15, 0.2) is 0 Å². The zero-order valence-corrected chi connectivity index (χ0v) is 21.8. The van der Waals surface area contributed by atoms with Crippen LogP contribution >= 0.6 is 0 Å². The molecule has 0 saturated carbocycles. The number of carbonyl (C=O) groups excluding carboxylic acids is 2. The minimum atomic E-state index is -4.43. The first-order chi connectivity index (χ1) is 19.2. The van der Waals surface area contributed by atoms with Crippen LogP contribution in [0.15, 0.2) is 91.0 Å². The van der Waals surface area contributed by atoms with Crippen LogP contribution in [0.3, 0.4) is 0 Å². The molecular weight excluding hydrogens is 517 g/mol. The molecule has 1 aliphatic rings. The van der Waals surface area contributed by atoms with Crippen molar-refractivity contribution in [1.29, 1.82) is 0 Å². The first kappa shape index (κ1) is 27.0. The van der Waals surface area contributed by atoms with Crippen molar-refractivity contribution < 1.29 is 27.5 Å². The molecular formula is C32H27F3N2O3. The first-order valence-electron chi connectivity index (χ1n) is 12.8. The summed E-state index contributed by atoms with van der Waals surface area (Å²) in [5.41, 5.74) is 4.25. The molecule has 204 valence electrons. The summed E-state index contributed by atoms with van der Waals surface area (Å²) in [5, 5.41) is 2.92. The summed E-state index contributed by atoms with van der Waals surface area (Å²) in [6.07, 6.45) is -3.48. The number of rotatable bonds is 6. The largest absolute Gasteiger partial charge is 0.497 e. The van der Waals surface area contributed by atoms with Crippen molar-refractivity contribution in [2.75, 3.05) is 19.0 Å². The second kappa shape index (κ2) is 11.3. The summed E-state index contributed by atoms with van der Waals surface area (Å²) < 4.78 is 44.2. The molecule has 0 radical (unpaired) electrons. The third-order valence-electron chi connectivity index (χ3n) is 7.01. The summed E-state index contributed by atoms with van der Waals surface area (Å²) in [6, 6.07) is 24.7. The Hall–Kier alpha value is -4.59. The number of nitrogens with zero attached hydrogens (tertiary/aromatic N) is 1. The van der Waals surface area contributed by atoms with Gasteiger partial charge in [-0.1, -0.05) is 48.5 Å². The van der Waals surface area contributed by atoms with Crippen LogP contribution in [-0.2, 0) is 30.4 Å². The van der Waals surface area contributed by atoms with E-state index in [0.29, 0.717) is 54.1 Å². The zero-order valence-electron chi connectivity index (χ0n) is 21.8. The van der Waals surface area contributed by atoms with Crippen molar-refractivity contribution in [1.82, 2.24) is 4.90 Å². The number of fused-ring (bicyclic) bond motifs is 1. The van der Waals surface area contributed by atoms with Gasteiger partial charge in [-0.05, 0) is 76.7 Å². The summed E-state index contributed by atoms with van der Waals surface area (Å²) in [6.45, 7) is 1.06. The highest BCUT2D eigenvalue weighted by molar-refractivity contribution is 6.08. The Kier molecular flexibility index (Phi) is 7.60. The molecule has 0 bridgehead atoms. The van der Waals surface area contributed by atoms with E-state index in [1.165, 1.54) is 12.1 Å². The maximum absolute atomic E-state index is 13.2. The van der Waals surface area contributed by atoms with Crippen LogP contribution in [0, 0.1) is 0 Å². The van der Waals surface area contributed by atoms with Gasteiger partial charge in [0.2, 0.25) is 5.91 Å². The van der Waals surface area contributed by atoms with E-state index in [9.17, 15) is 22.8 Å². The molecule has 0 aromatic heterocycles. The number of amides is 2. The van der Waals surface area contributed by atoms with Crippen LogP contribution in [-0.4, -0.2) is 30.4 Å². The fourth-order valence-corrected chi connectivity index (χ4v) is 4.88. The quantitative estimate of drug-likeness (QED) is 0.292. The number of nitrogens with one attached hydrogen (secondary N) is 1. The third-order valence-corrected chi connectivity index (χ3v) is 7.01. The van der Waals surface area contributed by atoms with Gasteiger partial charge in [-0.15, -0.1) is 0 Å². The van der Waals surface area contributed by atoms with Crippen molar-refractivity contribution in [3.63, 3.8) is 0 Å². The molecule has 0 spiro atoms. The molecule has 0 atom stereocenters. The van der Waals surface area contributed by atoms with Crippen molar-refractivity contribution in [2.45, 2.75) is 25.6 Å². The van der Waals surface area contributed by atoms with Gasteiger partial charge in [0, 0.05) is 24.3 Å². The lowest BCUT2D eigenvalue weighted by Gasteiger charge is -2.29. The lowest BCUT2D eigenvalue weighted by atomic mass is 9.97. The molecule has 0 fully saturated rings. The van der Waals surface area contributed by atoms with Crippen molar-refractivity contribution in [3.8, 4) is 16.9 Å². The molecule has 40 heavy (non-hydrogen) atoms. The Morgan fingerprint density at radius 3 is 2.42 bits per heavy atom. The minimum Gasteiger partial charge on any atom is -0.497 e. The fraction of sp³-hybridized carbons (Fsp3) is 0.188. The van der Waals surface area contributed by atoms with Crippen molar-refractivity contribution in [2.24, 2.45) is 0 Å². The van der Waals surface area contributed by atoms with Gasteiger partial charge >= 0.3 is 6.18 Å². The molecule has 0 unspecified atom stereocenters. The second-order valence-electron chi connectivity index (χ2n) is 9.65. The molecule has 0 aliphatic carbocycles. The van der Waals surface area contributed by atoms with E-state index in [0.717, 1.165) is 28.8 Å². The van der Waals surface area contributed by atoms with Gasteiger partial charge in [0.05, 0.1) is 19.1 Å². The molecule has 8 heteroatoms. The Bertz CT molecular complexity index is 1550. The van der Waals surface area contributed by atoms with Gasteiger partial charge < -0.3 is 15.0 Å². The number of carbonyl (C=O) groups is 2. The number of ether oxygens (including phenoxy) is 1. The van der Waals surface area contributed by atoms with Gasteiger partial charge in [-0.2, -0.15) is 13.2 Å². The van der Waals surface area contributed by atoms with Crippen LogP contribution in [0.25, 0.3) is 11.1 Å². The van der Waals surface area contributed by atoms with E-state index < -0.39 is 11.7 Å². The van der Waals surface area contributed by atoms with E-state index in [2.05, 4.69) is 5.32 Å². The number of anilines is 1. The fourth-order valence-electron chi connectivity index (χ4n) is 4.88. The summed E-state index contributed by atoms with van der Waals surface area (Å²) >= 11 is 0. The number of benzene rings is 4. The average molecular weight is 545 g/mol. The molecule has 4 aromatic rings. The predicted octanol–water partition coefficient (Wildman–Crippen LogP) is 6.76.